The highest BCUT2D eigenvalue weighted by Crippen LogP contribution is 2.28. The first-order chi connectivity index (χ1) is 14.6. The summed E-state index contributed by atoms with van der Waals surface area (Å²) >= 11 is 0. The van der Waals surface area contributed by atoms with Crippen LogP contribution in [0, 0.1) is 13.8 Å². The molecule has 0 aliphatic carbocycles. The van der Waals surface area contributed by atoms with E-state index in [4.69, 9.17) is 9.72 Å². The monoisotopic (exact) mass is 400 g/mol. The van der Waals surface area contributed by atoms with Crippen molar-refractivity contribution in [3.05, 3.63) is 77.5 Å². The first kappa shape index (κ1) is 20.1. The third kappa shape index (κ3) is 4.69. The van der Waals surface area contributed by atoms with Crippen LogP contribution in [0.25, 0.3) is 11.3 Å². The Kier molecular flexibility index (Phi) is 6.10. The highest BCUT2D eigenvalue weighted by molar-refractivity contribution is 5.67. The number of likely N-dealkylation sites (N-methyl/N-ethyl adjacent to an activating group) is 1. The molecule has 5 heteroatoms. The zero-order valence-corrected chi connectivity index (χ0v) is 17.9. The van der Waals surface area contributed by atoms with E-state index in [1.165, 1.54) is 11.1 Å². The molecule has 2 heterocycles. The molecule has 2 aromatic carbocycles. The lowest BCUT2D eigenvalue weighted by molar-refractivity contribution is 0.324. The molecule has 0 radical (unpaired) electrons. The van der Waals surface area contributed by atoms with Gasteiger partial charge in [0.25, 0.3) is 0 Å². The zero-order valence-electron chi connectivity index (χ0n) is 17.9. The Morgan fingerprint density at radius 2 is 1.93 bits per heavy atom. The van der Waals surface area contributed by atoms with Gasteiger partial charge in [-0.3, -0.25) is 4.90 Å². The lowest BCUT2D eigenvalue weighted by Crippen LogP contribution is -2.18. The molecule has 30 heavy (non-hydrogen) atoms. The minimum Gasteiger partial charge on any atom is -0.493 e. The molecule has 0 fully saturated rings. The molecule has 4 rings (SSSR count). The number of ether oxygens (including phenoxy) is 1. The van der Waals surface area contributed by atoms with E-state index in [-0.39, 0.29) is 0 Å². The molecule has 0 saturated heterocycles. The van der Waals surface area contributed by atoms with Gasteiger partial charge in [0.05, 0.1) is 12.3 Å². The van der Waals surface area contributed by atoms with Gasteiger partial charge < -0.3 is 10.1 Å². The molecule has 0 unspecified atom stereocenters. The first-order valence-corrected chi connectivity index (χ1v) is 10.4. The fourth-order valence-corrected chi connectivity index (χ4v) is 3.61. The summed E-state index contributed by atoms with van der Waals surface area (Å²) in [5.41, 5.74) is 6.51. The molecule has 5 nitrogen and oxygen atoms in total. The summed E-state index contributed by atoms with van der Waals surface area (Å²) < 4.78 is 5.96. The van der Waals surface area contributed by atoms with E-state index >= 15 is 0 Å². The van der Waals surface area contributed by atoms with Gasteiger partial charge >= 0.3 is 0 Å². The van der Waals surface area contributed by atoms with E-state index in [2.05, 4.69) is 65.6 Å². The number of rotatable bonds is 0. The van der Waals surface area contributed by atoms with Crippen LogP contribution in [0.4, 0.5) is 11.6 Å². The molecule has 3 aromatic rings. The molecular formula is C25H28N4O. The normalized spacial score (nSPS) is 16.0. The number of hydrogen-bond donors (Lipinski definition) is 1. The summed E-state index contributed by atoms with van der Waals surface area (Å²) in [5.74, 6) is 1.45. The molecule has 0 spiro atoms. The van der Waals surface area contributed by atoms with Gasteiger partial charge in [0.2, 0.25) is 5.95 Å². The minimum atomic E-state index is 0.597. The maximum Gasteiger partial charge on any atom is 0.227 e. The van der Waals surface area contributed by atoms with E-state index in [0.29, 0.717) is 12.6 Å². The lowest BCUT2D eigenvalue weighted by Gasteiger charge is -2.18. The van der Waals surface area contributed by atoms with E-state index < -0.39 is 0 Å². The molecule has 1 aromatic heterocycles. The van der Waals surface area contributed by atoms with Crippen molar-refractivity contribution < 1.29 is 4.74 Å². The number of fused-ring (bicyclic) bond motifs is 7. The largest absolute Gasteiger partial charge is 0.493 e. The SMILES string of the molecule is Cc1cnc2nc1-c1cccc(c1)OCC/C=C/CN(C)Cc1cccc(c1C)N2. The summed E-state index contributed by atoms with van der Waals surface area (Å²) in [6.45, 7) is 6.62. The van der Waals surface area contributed by atoms with Gasteiger partial charge in [-0.25, -0.2) is 9.97 Å². The maximum atomic E-state index is 5.96. The number of hydrogen-bond acceptors (Lipinski definition) is 5. The molecule has 1 aliphatic rings. The highest BCUT2D eigenvalue weighted by atomic mass is 16.5. The van der Waals surface area contributed by atoms with Gasteiger partial charge in [0.1, 0.15) is 5.75 Å². The summed E-state index contributed by atoms with van der Waals surface area (Å²) in [4.78, 5) is 11.6. The predicted octanol–water partition coefficient (Wildman–Crippen LogP) is 5.27. The average molecular weight is 401 g/mol. The Hall–Kier alpha value is -3.18. The summed E-state index contributed by atoms with van der Waals surface area (Å²) in [7, 11) is 2.14. The van der Waals surface area contributed by atoms with Gasteiger partial charge in [0, 0.05) is 30.5 Å². The molecule has 1 aliphatic heterocycles. The van der Waals surface area contributed by atoms with E-state index in [1.54, 1.807) is 0 Å². The maximum absolute atomic E-state index is 5.96. The van der Waals surface area contributed by atoms with Crippen LogP contribution in [-0.2, 0) is 6.54 Å². The van der Waals surface area contributed by atoms with E-state index in [0.717, 1.165) is 47.8 Å². The van der Waals surface area contributed by atoms with Crippen LogP contribution in [0.5, 0.6) is 5.75 Å². The minimum absolute atomic E-state index is 0.597. The first-order valence-electron chi connectivity index (χ1n) is 10.4. The number of aryl methyl sites for hydroxylation is 1. The quantitative estimate of drug-likeness (QED) is 0.521. The van der Waals surface area contributed by atoms with Gasteiger partial charge in [-0.05, 0) is 62.2 Å². The van der Waals surface area contributed by atoms with Crippen LogP contribution < -0.4 is 10.1 Å². The zero-order chi connectivity index (χ0) is 20.9. The smallest absolute Gasteiger partial charge is 0.227 e. The Labute approximate surface area is 178 Å². The van der Waals surface area contributed by atoms with Crippen molar-refractivity contribution in [1.82, 2.24) is 14.9 Å². The van der Waals surface area contributed by atoms with Crippen molar-refractivity contribution in [2.24, 2.45) is 0 Å². The van der Waals surface area contributed by atoms with Crippen molar-refractivity contribution in [3.8, 4) is 17.0 Å². The van der Waals surface area contributed by atoms with Crippen LogP contribution in [-0.4, -0.2) is 35.1 Å². The summed E-state index contributed by atoms with van der Waals surface area (Å²) in [6.07, 6.45) is 7.15. The van der Waals surface area contributed by atoms with Crippen LogP contribution in [0.2, 0.25) is 0 Å². The Balaban J connectivity index is 1.74. The van der Waals surface area contributed by atoms with Crippen molar-refractivity contribution in [1.29, 1.82) is 0 Å². The summed E-state index contributed by atoms with van der Waals surface area (Å²) in [6, 6.07) is 14.5. The standard InChI is InChI=1S/C25H28N4O/c1-18-16-26-25-27-23-12-8-10-21(19(23)2)17-29(3)13-5-4-6-14-30-22-11-7-9-20(15-22)24(18)28-25/h4-5,7-12,15-16H,6,13-14,17H2,1-3H3,(H,26,27,28)/b5-4+. The molecular weight excluding hydrogens is 372 g/mol. The molecule has 1 N–H and O–H groups in total. The van der Waals surface area contributed by atoms with E-state index in [1.807, 2.05) is 31.3 Å². The molecule has 0 atom stereocenters. The Morgan fingerprint density at radius 1 is 1.07 bits per heavy atom. The van der Waals surface area contributed by atoms with Crippen molar-refractivity contribution in [2.75, 3.05) is 25.5 Å². The van der Waals surface area contributed by atoms with Crippen molar-refractivity contribution in [2.45, 2.75) is 26.8 Å². The van der Waals surface area contributed by atoms with Gasteiger partial charge in [0.15, 0.2) is 0 Å². The third-order valence-corrected chi connectivity index (χ3v) is 5.35. The van der Waals surface area contributed by atoms with Gasteiger partial charge in [-0.15, -0.1) is 0 Å². The third-order valence-electron chi connectivity index (χ3n) is 5.35. The second kappa shape index (κ2) is 9.09. The second-order valence-electron chi connectivity index (χ2n) is 7.77. The average Bonchev–Trinajstić information content (AvgIpc) is 2.74. The van der Waals surface area contributed by atoms with Crippen molar-refractivity contribution >= 4 is 11.6 Å². The molecule has 154 valence electrons. The van der Waals surface area contributed by atoms with Gasteiger partial charge in [-0.2, -0.15) is 0 Å². The second-order valence-corrected chi connectivity index (χ2v) is 7.77. The molecule has 6 bridgehead atoms. The summed E-state index contributed by atoms with van der Waals surface area (Å²) in [5, 5.41) is 3.42. The number of aromatic nitrogens is 2. The number of nitrogens with zero attached hydrogens (tertiary/aromatic N) is 3. The fourth-order valence-electron chi connectivity index (χ4n) is 3.61. The fraction of sp³-hybridized carbons (Fsp3) is 0.280. The number of benzene rings is 2. The Morgan fingerprint density at radius 3 is 2.83 bits per heavy atom. The lowest BCUT2D eigenvalue weighted by atomic mass is 10.1. The van der Waals surface area contributed by atoms with Crippen LogP contribution >= 0.6 is 0 Å². The highest BCUT2D eigenvalue weighted by Gasteiger charge is 2.11. The predicted molar refractivity (Wildman–Crippen MR) is 122 cm³/mol. The van der Waals surface area contributed by atoms with E-state index in [9.17, 15) is 0 Å². The topological polar surface area (TPSA) is 50.3 Å². The van der Waals surface area contributed by atoms with Crippen LogP contribution in [0.1, 0.15) is 23.1 Å². The van der Waals surface area contributed by atoms with Crippen molar-refractivity contribution in [3.63, 3.8) is 0 Å². The molecule has 0 amide bonds. The molecule has 0 saturated carbocycles. The number of anilines is 2. The van der Waals surface area contributed by atoms with Crippen LogP contribution in [0.15, 0.2) is 60.8 Å². The Bertz CT molecular complexity index is 1060. The van der Waals surface area contributed by atoms with Crippen LogP contribution in [0.3, 0.4) is 0 Å². The van der Waals surface area contributed by atoms with Gasteiger partial charge in [-0.1, -0.05) is 36.4 Å². The number of nitrogens with one attached hydrogen (secondary N) is 1.